The summed E-state index contributed by atoms with van der Waals surface area (Å²) in [5, 5.41) is 19.8. The summed E-state index contributed by atoms with van der Waals surface area (Å²) in [5.74, 6) is -2.77. The topological polar surface area (TPSA) is 127 Å². The normalized spacial score (nSPS) is 11.6. The quantitative estimate of drug-likeness (QED) is 0.780. The van der Waals surface area contributed by atoms with Crippen molar-refractivity contribution in [3.63, 3.8) is 0 Å². The second-order valence-corrected chi connectivity index (χ2v) is 6.18. The fourth-order valence-electron chi connectivity index (χ4n) is 1.72. The first kappa shape index (κ1) is 16.0. The van der Waals surface area contributed by atoms with Crippen molar-refractivity contribution in [3.05, 3.63) is 34.9 Å². The zero-order chi connectivity index (χ0) is 16.5. The van der Waals surface area contributed by atoms with E-state index in [4.69, 9.17) is 5.11 Å². The fourth-order valence-corrected chi connectivity index (χ4v) is 2.88. The molecule has 0 atom stereocenters. The molecule has 0 aliphatic carbocycles. The molecule has 1 heterocycles. The average Bonchev–Trinajstić information content (AvgIpc) is 2.84. The summed E-state index contributed by atoms with van der Waals surface area (Å²) in [6.45, 7) is 1.17. The van der Waals surface area contributed by atoms with Crippen molar-refractivity contribution in [3.8, 4) is 0 Å². The third-order valence-electron chi connectivity index (χ3n) is 2.67. The van der Waals surface area contributed by atoms with Crippen LogP contribution in [0.3, 0.4) is 0 Å². The Morgan fingerprint density at radius 1 is 1.45 bits per heavy atom. The molecule has 0 bridgehead atoms. The fraction of sp³-hybridized carbons (Fsp3) is 0.273. The number of sulfonamides is 1. The number of nitrogens with zero attached hydrogens (tertiary/aromatic N) is 4. The molecule has 0 radical (unpaired) electrons. The molecular weight excluding hydrogens is 317 g/mol. The first-order valence-electron chi connectivity index (χ1n) is 5.96. The van der Waals surface area contributed by atoms with Crippen LogP contribution in [0.1, 0.15) is 21.7 Å². The number of tetrazole rings is 1. The molecule has 0 fully saturated rings. The van der Waals surface area contributed by atoms with Crippen molar-refractivity contribution < 1.29 is 22.7 Å². The number of carbonyl (C=O) groups is 1. The van der Waals surface area contributed by atoms with Crippen LogP contribution in [0.25, 0.3) is 0 Å². The van der Waals surface area contributed by atoms with Gasteiger partial charge >= 0.3 is 5.97 Å². The van der Waals surface area contributed by atoms with Crippen molar-refractivity contribution in [2.24, 2.45) is 7.05 Å². The smallest absolute Gasteiger partial charge is 0.338 e. The number of benzene rings is 1. The standard InChI is InChI=1S/C11H12FN5O4S/c1-6-3-7(11(18)19)10(12)8(4-6)22(20,21)13-5-9-14-16-17(2)15-9/h3-4,13H,5H2,1-2H3,(H,18,19). The molecule has 0 amide bonds. The highest BCUT2D eigenvalue weighted by Crippen LogP contribution is 2.20. The number of aryl methyl sites for hydroxylation is 2. The second-order valence-electron chi connectivity index (χ2n) is 4.45. The van der Waals surface area contributed by atoms with Crippen LogP contribution in [0.15, 0.2) is 17.0 Å². The second kappa shape index (κ2) is 5.77. The van der Waals surface area contributed by atoms with Crippen molar-refractivity contribution in [1.29, 1.82) is 0 Å². The van der Waals surface area contributed by atoms with Gasteiger partial charge in [0.1, 0.15) is 4.90 Å². The number of hydrogen-bond acceptors (Lipinski definition) is 6. The molecule has 22 heavy (non-hydrogen) atoms. The molecule has 2 rings (SSSR count). The van der Waals surface area contributed by atoms with Crippen LogP contribution in [0.5, 0.6) is 0 Å². The Bertz CT molecular complexity index is 833. The molecule has 9 nitrogen and oxygen atoms in total. The lowest BCUT2D eigenvalue weighted by Gasteiger charge is -2.09. The summed E-state index contributed by atoms with van der Waals surface area (Å²) in [6.07, 6.45) is 0. The predicted molar refractivity (Wildman–Crippen MR) is 70.9 cm³/mol. The maximum Gasteiger partial charge on any atom is 0.338 e. The van der Waals surface area contributed by atoms with E-state index in [-0.39, 0.29) is 12.4 Å². The molecule has 0 saturated carbocycles. The number of hydrogen-bond donors (Lipinski definition) is 2. The average molecular weight is 329 g/mol. The number of nitrogens with one attached hydrogen (secondary N) is 1. The SMILES string of the molecule is Cc1cc(C(=O)O)c(F)c(S(=O)(=O)NCc2nnn(C)n2)c1. The molecule has 11 heteroatoms. The van der Waals surface area contributed by atoms with Gasteiger partial charge in [0.15, 0.2) is 11.6 Å². The van der Waals surface area contributed by atoms with E-state index >= 15 is 0 Å². The van der Waals surface area contributed by atoms with Crippen LogP contribution in [0, 0.1) is 12.7 Å². The van der Waals surface area contributed by atoms with Gasteiger partial charge in [0.05, 0.1) is 19.2 Å². The zero-order valence-corrected chi connectivity index (χ0v) is 12.4. The highest BCUT2D eigenvalue weighted by atomic mass is 32.2. The zero-order valence-electron chi connectivity index (χ0n) is 11.6. The van der Waals surface area contributed by atoms with Crippen molar-refractivity contribution >= 4 is 16.0 Å². The van der Waals surface area contributed by atoms with E-state index < -0.39 is 32.3 Å². The Morgan fingerprint density at radius 3 is 2.68 bits per heavy atom. The molecule has 0 unspecified atom stereocenters. The predicted octanol–water partition coefficient (Wildman–Crippen LogP) is -0.166. The van der Waals surface area contributed by atoms with Crippen LogP contribution in [0.4, 0.5) is 4.39 Å². The molecule has 0 aliphatic heterocycles. The van der Waals surface area contributed by atoms with E-state index in [0.29, 0.717) is 5.56 Å². The van der Waals surface area contributed by atoms with Gasteiger partial charge in [-0.2, -0.15) is 4.80 Å². The van der Waals surface area contributed by atoms with E-state index in [1.807, 2.05) is 0 Å². The van der Waals surface area contributed by atoms with E-state index in [9.17, 15) is 17.6 Å². The highest BCUT2D eigenvalue weighted by molar-refractivity contribution is 7.89. The Kier molecular flexibility index (Phi) is 4.19. The summed E-state index contributed by atoms with van der Waals surface area (Å²) >= 11 is 0. The number of halogens is 1. The summed E-state index contributed by atoms with van der Waals surface area (Å²) < 4.78 is 40.4. The number of rotatable bonds is 5. The Hall–Kier alpha value is -2.40. The van der Waals surface area contributed by atoms with Crippen LogP contribution < -0.4 is 4.72 Å². The van der Waals surface area contributed by atoms with Crippen LogP contribution >= 0.6 is 0 Å². The lowest BCUT2D eigenvalue weighted by Crippen LogP contribution is -2.25. The minimum Gasteiger partial charge on any atom is -0.478 e. The number of carboxylic acid groups (broad SMARTS) is 1. The number of aromatic nitrogens is 4. The van der Waals surface area contributed by atoms with Crippen molar-refractivity contribution in [2.45, 2.75) is 18.4 Å². The number of carboxylic acids is 1. The summed E-state index contributed by atoms with van der Waals surface area (Å²) in [4.78, 5) is 11.3. The number of aromatic carboxylic acids is 1. The first-order valence-corrected chi connectivity index (χ1v) is 7.45. The van der Waals surface area contributed by atoms with Crippen molar-refractivity contribution in [1.82, 2.24) is 24.9 Å². The molecule has 0 spiro atoms. The van der Waals surface area contributed by atoms with Gasteiger partial charge in [-0.25, -0.2) is 22.3 Å². The molecular formula is C11H12FN5O4S. The van der Waals surface area contributed by atoms with Gasteiger partial charge in [-0.3, -0.25) is 0 Å². The third-order valence-corrected chi connectivity index (χ3v) is 4.07. The van der Waals surface area contributed by atoms with E-state index in [0.717, 1.165) is 16.9 Å². The van der Waals surface area contributed by atoms with E-state index in [1.54, 1.807) is 0 Å². The minimum absolute atomic E-state index is 0.0950. The van der Waals surface area contributed by atoms with Crippen LogP contribution in [-0.4, -0.2) is 39.7 Å². The van der Waals surface area contributed by atoms with Gasteiger partial charge in [-0.1, -0.05) is 0 Å². The maximum absolute atomic E-state index is 14.1. The van der Waals surface area contributed by atoms with E-state index in [2.05, 4.69) is 20.1 Å². The summed E-state index contributed by atoms with van der Waals surface area (Å²) in [6, 6.07) is 2.11. The van der Waals surface area contributed by atoms with Gasteiger partial charge < -0.3 is 5.11 Å². The first-order chi connectivity index (χ1) is 10.2. The van der Waals surface area contributed by atoms with Gasteiger partial charge in [0.25, 0.3) is 0 Å². The molecule has 1 aromatic carbocycles. The van der Waals surface area contributed by atoms with E-state index in [1.165, 1.54) is 14.0 Å². The summed E-state index contributed by atoms with van der Waals surface area (Å²) in [5.41, 5.74) is -0.408. The van der Waals surface area contributed by atoms with Gasteiger partial charge in [-0.15, -0.1) is 10.2 Å². The monoisotopic (exact) mass is 329 g/mol. The molecule has 2 aromatic rings. The lowest BCUT2D eigenvalue weighted by molar-refractivity contribution is 0.0691. The summed E-state index contributed by atoms with van der Waals surface area (Å²) in [7, 11) is -2.76. The Morgan fingerprint density at radius 2 is 2.14 bits per heavy atom. The molecule has 0 aliphatic rings. The minimum atomic E-state index is -4.26. The van der Waals surface area contributed by atoms with Crippen LogP contribution in [0.2, 0.25) is 0 Å². The van der Waals surface area contributed by atoms with Crippen LogP contribution in [-0.2, 0) is 23.6 Å². The Balaban J connectivity index is 2.35. The molecule has 118 valence electrons. The largest absolute Gasteiger partial charge is 0.478 e. The molecule has 1 aromatic heterocycles. The molecule has 0 saturated heterocycles. The highest BCUT2D eigenvalue weighted by Gasteiger charge is 2.25. The Labute approximate surface area is 124 Å². The van der Waals surface area contributed by atoms with Gasteiger partial charge in [0.2, 0.25) is 10.0 Å². The third kappa shape index (κ3) is 3.26. The van der Waals surface area contributed by atoms with Crippen molar-refractivity contribution in [2.75, 3.05) is 0 Å². The van der Waals surface area contributed by atoms with Gasteiger partial charge in [0, 0.05) is 0 Å². The van der Waals surface area contributed by atoms with Gasteiger partial charge in [-0.05, 0) is 29.8 Å². The molecule has 2 N–H and O–H groups in total. The lowest BCUT2D eigenvalue weighted by atomic mass is 10.1. The maximum atomic E-state index is 14.1.